The Labute approximate surface area is 93.9 Å². The van der Waals surface area contributed by atoms with Crippen molar-refractivity contribution in [2.75, 3.05) is 0 Å². The fraction of sp³-hybridized carbons (Fsp3) is 0.0769. The van der Waals surface area contributed by atoms with Gasteiger partial charge in [-0.25, -0.2) is 0 Å². The van der Waals surface area contributed by atoms with Gasteiger partial charge in [0.05, 0.1) is 0 Å². The van der Waals surface area contributed by atoms with Crippen LogP contribution in [-0.4, -0.2) is 6.09 Å². The van der Waals surface area contributed by atoms with Crippen molar-refractivity contribution in [1.29, 1.82) is 0 Å². The van der Waals surface area contributed by atoms with Crippen LogP contribution in [0.1, 0.15) is 5.56 Å². The predicted octanol–water partition coefficient (Wildman–Crippen LogP) is 2.33. The van der Waals surface area contributed by atoms with Gasteiger partial charge in [-0.2, -0.15) is 4.79 Å². The third-order valence-corrected chi connectivity index (χ3v) is 2.11. The van der Waals surface area contributed by atoms with E-state index in [0.717, 1.165) is 5.56 Å². The molecule has 80 valence electrons. The number of ether oxygens (including phenoxy) is 1. The first-order valence-electron chi connectivity index (χ1n) is 5.01. The van der Waals surface area contributed by atoms with Gasteiger partial charge in [0.1, 0.15) is 5.75 Å². The van der Waals surface area contributed by atoms with E-state index in [1.54, 1.807) is 24.5 Å². The van der Waals surface area contributed by atoms with Crippen LogP contribution >= 0.6 is 0 Å². The summed E-state index contributed by atoms with van der Waals surface area (Å²) in [7, 11) is 0. The Morgan fingerprint density at radius 2 is 1.88 bits per heavy atom. The summed E-state index contributed by atoms with van der Waals surface area (Å²) in [5.74, 6) is 0.543. The highest BCUT2D eigenvalue weighted by Crippen LogP contribution is 2.07. The molecule has 0 fully saturated rings. The van der Waals surface area contributed by atoms with Crippen molar-refractivity contribution >= 4 is 6.09 Å². The Morgan fingerprint density at radius 1 is 1.12 bits per heavy atom. The van der Waals surface area contributed by atoms with Crippen LogP contribution in [0.25, 0.3) is 0 Å². The fourth-order valence-corrected chi connectivity index (χ4v) is 1.35. The molecular formula is C13H12NO2+. The Balaban J connectivity index is 2.15. The second-order valence-corrected chi connectivity index (χ2v) is 3.47. The summed E-state index contributed by atoms with van der Waals surface area (Å²) in [6.45, 7) is 1.92. The normalized spacial score (nSPS) is 9.81. The van der Waals surface area contributed by atoms with E-state index in [1.165, 1.54) is 4.57 Å². The number of carbonyl (C=O) groups excluding carboxylic acids is 1. The van der Waals surface area contributed by atoms with Gasteiger partial charge >= 0.3 is 6.09 Å². The summed E-state index contributed by atoms with van der Waals surface area (Å²) in [5.41, 5.74) is 1.01. The lowest BCUT2D eigenvalue weighted by Gasteiger charge is -1.98. The summed E-state index contributed by atoms with van der Waals surface area (Å²) >= 11 is 0. The molecule has 3 nitrogen and oxygen atoms in total. The highest BCUT2D eigenvalue weighted by molar-refractivity contribution is 5.60. The van der Waals surface area contributed by atoms with Crippen LogP contribution in [0.15, 0.2) is 54.9 Å². The Kier molecular flexibility index (Phi) is 2.96. The minimum atomic E-state index is -0.408. The second kappa shape index (κ2) is 4.57. The quantitative estimate of drug-likeness (QED) is 0.682. The maximum Gasteiger partial charge on any atom is 0.607 e. The number of aromatic nitrogens is 1. The van der Waals surface area contributed by atoms with Gasteiger partial charge in [0, 0.05) is 11.6 Å². The minimum absolute atomic E-state index is 0.408. The maximum atomic E-state index is 11.7. The molecule has 0 N–H and O–H groups in total. The van der Waals surface area contributed by atoms with E-state index < -0.39 is 6.09 Å². The molecule has 1 aromatic carbocycles. The third kappa shape index (κ3) is 2.45. The average Bonchev–Trinajstić information content (AvgIpc) is 2.30. The Hall–Kier alpha value is -2.16. The fourth-order valence-electron chi connectivity index (χ4n) is 1.35. The first kappa shape index (κ1) is 10.4. The van der Waals surface area contributed by atoms with Crippen molar-refractivity contribution in [3.63, 3.8) is 0 Å². The molecule has 3 heteroatoms. The van der Waals surface area contributed by atoms with Gasteiger partial charge in [0.15, 0.2) is 12.4 Å². The van der Waals surface area contributed by atoms with Crippen LogP contribution in [-0.2, 0) is 0 Å². The van der Waals surface area contributed by atoms with Gasteiger partial charge in [-0.05, 0) is 25.1 Å². The molecule has 0 amide bonds. The van der Waals surface area contributed by atoms with Crippen LogP contribution in [0.4, 0.5) is 4.79 Å². The topological polar surface area (TPSA) is 30.2 Å². The molecule has 0 aliphatic rings. The highest BCUT2D eigenvalue weighted by atomic mass is 16.6. The number of pyridine rings is 1. The number of aryl methyl sites for hydroxylation is 1. The molecule has 2 aromatic rings. The lowest BCUT2D eigenvalue weighted by Crippen LogP contribution is -2.44. The lowest BCUT2D eigenvalue weighted by molar-refractivity contribution is -0.582. The zero-order valence-electron chi connectivity index (χ0n) is 8.96. The number of benzene rings is 1. The second-order valence-electron chi connectivity index (χ2n) is 3.47. The number of hydrogen-bond acceptors (Lipinski definition) is 2. The van der Waals surface area contributed by atoms with Crippen molar-refractivity contribution in [3.05, 3.63) is 60.4 Å². The van der Waals surface area contributed by atoms with E-state index in [4.69, 9.17) is 4.74 Å². The van der Waals surface area contributed by atoms with Gasteiger partial charge in [-0.15, -0.1) is 0 Å². The van der Waals surface area contributed by atoms with Crippen molar-refractivity contribution < 1.29 is 14.1 Å². The molecule has 1 aromatic heterocycles. The van der Waals surface area contributed by atoms with Crippen LogP contribution < -0.4 is 9.30 Å². The molecule has 0 bridgehead atoms. The summed E-state index contributed by atoms with van der Waals surface area (Å²) in [6.07, 6.45) is 2.98. The monoisotopic (exact) mass is 214 g/mol. The number of rotatable bonds is 1. The van der Waals surface area contributed by atoms with Gasteiger partial charge in [0.25, 0.3) is 0 Å². The van der Waals surface area contributed by atoms with Crippen LogP contribution in [0.5, 0.6) is 5.75 Å². The molecule has 16 heavy (non-hydrogen) atoms. The molecule has 2 rings (SSSR count). The van der Waals surface area contributed by atoms with Crippen molar-refractivity contribution in [2.45, 2.75) is 6.92 Å². The van der Waals surface area contributed by atoms with E-state index in [-0.39, 0.29) is 0 Å². The van der Waals surface area contributed by atoms with Gasteiger partial charge in [-0.1, -0.05) is 22.8 Å². The molecule has 0 aliphatic heterocycles. The van der Waals surface area contributed by atoms with Crippen molar-refractivity contribution in [2.24, 2.45) is 0 Å². The molecule has 1 heterocycles. The van der Waals surface area contributed by atoms with E-state index in [1.807, 2.05) is 37.3 Å². The summed E-state index contributed by atoms with van der Waals surface area (Å²) in [6, 6.07) is 12.7. The smallest absolute Gasteiger partial charge is 0.372 e. The summed E-state index contributed by atoms with van der Waals surface area (Å²) < 4.78 is 6.60. The molecule has 0 spiro atoms. The van der Waals surface area contributed by atoms with Crippen LogP contribution in [0, 0.1) is 6.92 Å². The summed E-state index contributed by atoms with van der Waals surface area (Å²) in [4.78, 5) is 11.7. The number of carbonyl (C=O) groups is 1. The molecule has 0 radical (unpaired) electrons. The Bertz CT molecular complexity index is 494. The van der Waals surface area contributed by atoms with E-state index in [2.05, 4.69) is 0 Å². The van der Waals surface area contributed by atoms with Crippen molar-refractivity contribution in [1.82, 2.24) is 0 Å². The molecule has 0 saturated carbocycles. The number of hydrogen-bond donors (Lipinski definition) is 0. The van der Waals surface area contributed by atoms with Gasteiger partial charge < -0.3 is 4.74 Å². The molecule has 0 unspecified atom stereocenters. The average molecular weight is 214 g/mol. The maximum absolute atomic E-state index is 11.7. The summed E-state index contributed by atoms with van der Waals surface area (Å²) in [5, 5.41) is 0. The first-order valence-corrected chi connectivity index (χ1v) is 5.01. The zero-order chi connectivity index (χ0) is 11.4. The number of nitrogens with zero attached hydrogens (tertiary/aromatic N) is 1. The minimum Gasteiger partial charge on any atom is -0.372 e. The first-order chi connectivity index (χ1) is 7.75. The molecule has 0 saturated heterocycles. The zero-order valence-corrected chi connectivity index (χ0v) is 8.96. The van der Waals surface area contributed by atoms with Crippen molar-refractivity contribution in [3.8, 4) is 5.75 Å². The van der Waals surface area contributed by atoms with Gasteiger partial charge in [-0.3, -0.25) is 0 Å². The Morgan fingerprint density at radius 3 is 2.56 bits per heavy atom. The third-order valence-electron chi connectivity index (χ3n) is 2.11. The number of para-hydroxylation sites is 1. The SMILES string of the molecule is Cc1ccc[n+](C(=O)Oc2ccccc2)c1. The highest BCUT2D eigenvalue weighted by Gasteiger charge is 2.16. The predicted molar refractivity (Wildman–Crippen MR) is 59.2 cm³/mol. The lowest BCUT2D eigenvalue weighted by atomic mass is 10.3. The van der Waals surface area contributed by atoms with E-state index >= 15 is 0 Å². The van der Waals surface area contributed by atoms with E-state index in [0.29, 0.717) is 5.75 Å². The molecular weight excluding hydrogens is 202 g/mol. The largest absolute Gasteiger partial charge is 0.607 e. The van der Waals surface area contributed by atoms with Crippen LogP contribution in [0.2, 0.25) is 0 Å². The van der Waals surface area contributed by atoms with Gasteiger partial charge in [0.2, 0.25) is 0 Å². The van der Waals surface area contributed by atoms with E-state index in [9.17, 15) is 4.79 Å². The van der Waals surface area contributed by atoms with Crippen LogP contribution in [0.3, 0.4) is 0 Å². The molecule has 0 atom stereocenters. The molecule has 0 aliphatic carbocycles. The standard InChI is InChI=1S/C13H12NO2/c1-11-6-5-9-14(10-11)13(15)16-12-7-3-2-4-8-12/h2-10H,1H3/q+1.